The summed E-state index contributed by atoms with van der Waals surface area (Å²) in [4.78, 5) is 0. The van der Waals surface area contributed by atoms with E-state index in [4.69, 9.17) is 0 Å². The van der Waals surface area contributed by atoms with E-state index in [1.54, 1.807) is 0 Å². The first-order chi connectivity index (χ1) is 9.06. The lowest BCUT2D eigenvalue weighted by Crippen LogP contribution is -2.33. The topological polar surface area (TPSA) is 29.9 Å². The Balaban J connectivity index is 2.58. The maximum absolute atomic E-state index is 4.67. The Morgan fingerprint density at radius 3 is 2.53 bits per heavy atom. The van der Waals surface area contributed by atoms with Gasteiger partial charge in [0.1, 0.15) is 0 Å². The van der Waals surface area contributed by atoms with Gasteiger partial charge in [-0.15, -0.1) is 0 Å². The van der Waals surface area contributed by atoms with Crippen molar-refractivity contribution in [2.24, 2.45) is 5.92 Å². The van der Waals surface area contributed by atoms with E-state index in [2.05, 4.69) is 62.0 Å². The van der Waals surface area contributed by atoms with Crippen molar-refractivity contribution < 1.29 is 0 Å². The molecule has 0 radical (unpaired) electrons. The summed E-state index contributed by atoms with van der Waals surface area (Å²) in [6, 6.07) is 3.17. The second-order valence-corrected chi connectivity index (χ2v) is 5.99. The maximum atomic E-state index is 4.67. The molecule has 110 valence electrons. The molecule has 0 fully saturated rings. The Bertz CT molecular complexity index is 344. The lowest BCUT2D eigenvalue weighted by molar-refractivity contribution is 0.387. The molecule has 0 saturated carbocycles. The van der Waals surface area contributed by atoms with Crippen LogP contribution >= 0.6 is 0 Å². The number of hydrogen-bond donors (Lipinski definition) is 1. The zero-order chi connectivity index (χ0) is 14.3. The van der Waals surface area contributed by atoms with Crippen LogP contribution in [0.15, 0.2) is 12.3 Å². The molecular formula is C16H31N3. The Labute approximate surface area is 118 Å². The van der Waals surface area contributed by atoms with Crippen LogP contribution in [0.2, 0.25) is 0 Å². The molecule has 3 heteroatoms. The first-order valence-electron chi connectivity index (χ1n) is 7.84. The Kier molecular flexibility index (Phi) is 7.14. The average Bonchev–Trinajstić information content (AvgIpc) is 2.84. The minimum absolute atomic E-state index is 0.449. The number of nitrogens with zero attached hydrogens (tertiary/aromatic N) is 2. The van der Waals surface area contributed by atoms with Crippen LogP contribution in [0, 0.1) is 5.92 Å². The SMILES string of the molecule is CCCNC(Cc1ccn(C(C)C)n1)CC(C)CC. The molecule has 2 unspecified atom stereocenters. The van der Waals surface area contributed by atoms with Gasteiger partial charge in [0.2, 0.25) is 0 Å². The maximum Gasteiger partial charge on any atom is 0.0640 e. The largest absolute Gasteiger partial charge is 0.314 e. The van der Waals surface area contributed by atoms with Crippen molar-refractivity contribution in [1.29, 1.82) is 0 Å². The third-order valence-corrected chi connectivity index (χ3v) is 3.72. The molecule has 1 N–H and O–H groups in total. The lowest BCUT2D eigenvalue weighted by atomic mass is 9.96. The van der Waals surface area contributed by atoms with Crippen LogP contribution in [0.3, 0.4) is 0 Å². The molecule has 0 aliphatic heterocycles. The smallest absolute Gasteiger partial charge is 0.0640 e. The van der Waals surface area contributed by atoms with Crippen molar-refractivity contribution in [3.05, 3.63) is 18.0 Å². The van der Waals surface area contributed by atoms with Crippen LogP contribution in [0.25, 0.3) is 0 Å². The van der Waals surface area contributed by atoms with Gasteiger partial charge in [0.25, 0.3) is 0 Å². The number of aromatic nitrogens is 2. The van der Waals surface area contributed by atoms with Crippen molar-refractivity contribution in [2.45, 2.75) is 72.4 Å². The predicted molar refractivity (Wildman–Crippen MR) is 82.5 cm³/mol. The monoisotopic (exact) mass is 265 g/mol. The molecule has 0 spiro atoms. The van der Waals surface area contributed by atoms with Gasteiger partial charge in [-0.2, -0.15) is 5.10 Å². The number of rotatable bonds is 9. The molecule has 0 amide bonds. The highest BCUT2D eigenvalue weighted by atomic mass is 15.3. The summed E-state index contributed by atoms with van der Waals surface area (Å²) >= 11 is 0. The molecule has 19 heavy (non-hydrogen) atoms. The van der Waals surface area contributed by atoms with E-state index >= 15 is 0 Å². The zero-order valence-electron chi connectivity index (χ0n) is 13.3. The fourth-order valence-electron chi connectivity index (χ4n) is 2.27. The third-order valence-electron chi connectivity index (χ3n) is 3.72. The standard InChI is InChI=1S/C16H31N3/c1-6-9-17-16(11-14(5)7-2)12-15-8-10-19(18-15)13(3)4/h8,10,13-14,16-17H,6-7,9,11-12H2,1-5H3. The molecule has 1 heterocycles. The first kappa shape index (κ1) is 16.2. The van der Waals surface area contributed by atoms with Crippen molar-refractivity contribution in [2.75, 3.05) is 6.54 Å². The van der Waals surface area contributed by atoms with E-state index in [-0.39, 0.29) is 0 Å². The molecule has 0 saturated heterocycles. The summed E-state index contributed by atoms with van der Waals surface area (Å²) in [5, 5.41) is 8.34. The molecule has 0 bridgehead atoms. The van der Waals surface area contributed by atoms with Gasteiger partial charge >= 0.3 is 0 Å². The minimum atomic E-state index is 0.449. The molecular weight excluding hydrogens is 234 g/mol. The van der Waals surface area contributed by atoms with E-state index in [9.17, 15) is 0 Å². The second-order valence-electron chi connectivity index (χ2n) is 5.99. The van der Waals surface area contributed by atoms with Gasteiger partial charge in [0.15, 0.2) is 0 Å². The number of nitrogens with one attached hydrogen (secondary N) is 1. The highest BCUT2D eigenvalue weighted by Crippen LogP contribution is 2.14. The van der Waals surface area contributed by atoms with E-state index in [0.29, 0.717) is 12.1 Å². The molecule has 1 rings (SSSR count). The van der Waals surface area contributed by atoms with Gasteiger partial charge in [-0.3, -0.25) is 4.68 Å². The van der Waals surface area contributed by atoms with Gasteiger partial charge in [-0.25, -0.2) is 0 Å². The summed E-state index contributed by atoms with van der Waals surface area (Å²) in [6.45, 7) is 12.3. The van der Waals surface area contributed by atoms with Gasteiger partial charge in [0.05, 0.1) is 5.69 Å². The quantitative estimate of drug-likeness (QED) is 0.736. The second kappa shape index (κ2) is 8.36. The highest BCUT2D eigenvalue weighted by Gasteiger charge is 2.14. The summed E-state index contributed by atoms with van der Waals surface area (Å²) in [5.41, 5.74) is 1.21. The third kappa shape index (κ3) is 5.77. The van der Waals surface area contributed by atoms with Crippen molar-refractivity contribution in [3.8, 4) is 0 Å². The highest BCUT2D eigenvalue weighted by molar-refractivity contribution is 5.02. The lowest BCUT2D eigenvalue weighted by Gasteiger charge is -2.21. The molecule has 0 aliphatic rings. The Morgan fingerprint density at radius 2 is 2.00 bits per heavy atom. The molecule has 1 aromatic heterocycles. The normalized spacial score (nSPS) is 14.8. The molecule has 0 aliphatic carbocycles. The van der Waals surface area contributed by atoms with Crippen molar-refractivity contribution >= 4 is 0 Å². The average molecular weight is 265 g/mol. The van der Waals surface area contributed by atoms with E-state index in [1.165, 1.54) is 25.0 Å². The molecule has 3 nitrogen and oxygen atoms in total. The van der Waals surface area contributed by atoms with Crippen molar-refractivity contribution in [3.63, 3.8) is 0 Å². The van der Waals surface area contributed by atoms with Crippen LogP contribution in [0.4, 0.5) is 0 Å². The van der Waals surface area contributed by atoms with Crippen LogP contribution in [-0.2, 0) is 6.42 Å². The summed E-state index contributed by atoms with van der Waals surface area (Å²) in [6.07, 6.45) is 6.83. The number of hydrogen-bond acceptors (Lipinski definition) is 2. The molecule has 1 aromatic rings. The van der Waals surface area contributed by atoms with E-state index in [1.807, 2.05) is 0 Å². The summed E-state index contributed by atoms with van der Waals surface area (Å²) in [5.74, 6) is 0.779. The fraction of sp³-hybridized carbons (Fsp3) is 0.812. The van der Waals surface area contributed by atoms with Crippen LogP contribution in [0.5, 0.6) is 0 Å². The fourth-order valence-corrected chi connectivity index (χ4v) is 2.27. The van der Waals surface area contributed by atoms with Crippen LogP contribution in [-0.4, -0.2) is 22.4 Å². The first-order valence-corrected chi connectivity index (χ1v) is 7.84. The van der Waals surface area contributed by atoms with E-state index < -0.39 is 0 Å². The Hall–Kier alpha value is -0.830. The van der Waals surface area contributed by atoms with Crippen molar-refractivity contribution in [1.82, 2.24) is 15.1 Å². The van der Waals surface area contributed by atoms with Gasteiger partial charge in [0, 0.05) is 24.7 Å². The van der Waals surface area contributed by atoms with Crippen LogP contribution in [0.1, 0.15) is 65.6 Å². The zero-order valence-corrected chi connectivity index (χ0v) is 13.3. The molecule has 2 atom stereocenters. The minimum Gasteiger partial charge on any atom is -0.314 e. The van der Waals surface area contributed by atoms with Gasteiger partial charge in [-0.1, -0.05) is 27.2 Å². The predicted octanol–water partition coefficient (Wildman–Crippen LogP) is 3.81. The Morgan fingerprint density at radius 1 is 1.26 bits per heavy atom. The summed E-state index contributed by atoms with van der Waals surface area (Å²) < 4.78 is 2.05. The molecule has 0 aromatic carbocycles. The van der Waals surface area contributed by atoms with Gasteiger partial charge < -0.3 is 5.32 Å². The van der Waals surface area contributed by atoms with E-state index in [0.717, 1.165) is 18.9 Å². The van der Waals surface area contributed by atoms with Gasteiger partial charge in [-0.05, 0) is 45.2 Å². The summed E-state index contributed by atoms with van der Waals surface area (Å²) in [7, 11) is 0. The van der Waals surface area contributed by atoms with Crippen LogP contribution < -0.4 is 5.32 Å².